The minimum Gasteiger partial charge on any atom is -0.389 e. The molecule has 7 nitrogen and oxygen atoms in total. The van der Waals surface area contributed by atoms with Crippen molar-refractivity contribution >= 4 is 11.8 Å². The summed E-state index contributed by atoms with van der Waals surface area (Å²) in [4.78, 5) is 26.8. The van der Waals surface area contributed by atoms with E-state index in [0.717, 1.165) is 11.8 Å². The van der Waals surface area contributed by atoms with Crippen LogP contribution < -0.4 is 11.1 Å². The number of aliphatic hydroxyl groups excluding tert-OH is 1. The van der Waals surface area contributed by atoms with Gasteiger partial charge in [0, 0.05) is 11.9 Å². The molecule has 0 saturated heterocycles. The third-order valence-electron chi connectivity index (χ3n) is 2.74. The van der Waals surface area contributed by atoms with Crippen molar-refractivity contribution in [3.05, 3.63) is 50.0 Å². The quantitative estimate of drug-likeness (QED) is 0.801. The molecule has 0 radical (unpaired) electrons. The summed E-state index contributed by atoms with van der Waals surface area (Å²) < 4.78 is 1.32. The summed E-state index contributed by atoms with van der Waals surface area (Å²) in [6, 6.07) is 6.86. The van der Waals surface area contributed by atoms with Crippen LogP contribution in [-0.4, -0.2) is 19.9 Å². The molecule has 0 fully saturated rings. The van der Waals surface area contributed by atoms with Crippen LogP contribution in [0.15, 0.2) is 37.8 Å². The third-order valence-corrected chi connectivity index (χ3v) is 3.86. The summed E-state index contributed by atoms with van der Waals surface area (Å²) in [7, 11) is 1.55. The summed E-state index contributed by atoms with van der Waals surface area (Å²) in [6.07, 6.45) is -0.736. The van der Waals surface area contributed by atoms with Crippen molar-refractivity contribution in [1.82, 2.24) is 14.8 Å². The van der Waals surface area contributed by atoms with E-state index in [1.165, 1.54) is 4.68 Å². The topological polar surface area (TPSA) is 112 Å². The van der Waals surface area contributed by atoms with Crippen molar-refractivity contribution in [2.24, 2.45) is 7.05 Å². The SMILES string of the molecule is CC(O)c1ccc(C#N)cc1Sc1nc(=O)c(=O)[nH]n1C. The summed E-state index contributed by atoms with van der Waals surface area (Å²) in [6.45, 7) is 1.60. The molecule has 1 heterocycles. The van der Waals surface area contributed by atoms with Gasteiger partial charge in [-0.3, -0.25) is 19.4 Å². The van der Waals surface area contributed by atoms with Gasteiger partial charge in [0.1, 0.15) is 0 Å². The highest BCUT2D eigenvalue weighted by atomic mass is 32.2. The fourth-order valence-corrected chi connectivity index (χ4v) is 2.74. The maximum Gasteiger partial charge on any atom is 0.339 e. The molecule has 1 atom stereocenters. The number of nitrogens with one attached hydrogen (secondary N) is 1. The molecule has 1 aromatic heterocycles. The highest BCUT2D eigenvalue weighted by Crippen LogP contribution is 2.32. The molecule has 0 aliphatic rings. The summed E-state index contributed by atoms with van der Waals surface area (Å²) in [5, 5.41) is 21.3. The second kappa shape index (κ2) is 5.95. The lowest BCUT2D eigenvalue weighted by Crippen LogP contribution is -2.33. The molecule has 8 heteroatoms. The molecule has 2 rings (SSSR count). The summed E-state index contributed by atoms with van der Waals surface area (Å²) in [5.41, 5.74) is -0.648. The second-order valence-electron chi connectivity index (χ2n) is 4.34. The highest BCUT2D eigenvalue weighted by Gasteiger charge is 2.13. The Bertz CT molecular complexity index is 833. The van der Waals surface area contributed by atoms with E-state index in [1.807, 2.05) is 6.07 Å². The number of H-pyrrole nitrogens is 1. The van der Waals surface area contributed by atoms with Gasteiger partial charge in [0.25, 0.3) is 0 Å². The monoisotopic (exact) mass is 304 g/mol. The van der Waals surface area contributed by atoms with Crippen molar-refractivity contribution in [2.75, 3.05) is 0 Å². The molecule has 0 aliphatic heterocycles. The number of aliphatic hydroxyl groups is 1. The largest absolute Gasteiger partial charge is 0.389 e. The van der Waals surface area contributed by atoms with Crippen molar-refractivity contribution in [1.29, 1.82) is 5.26 Å². The number of aromatic nitrogens is 3. The first kappa shape index (κ1) is 15.0. The van der Waals surface area contributed by atoms with Crippen LogP contribution in [0.3, 0.4) is 0 Å². The maximum atomic E-state index is 11.3. The number of hydrogen-bond acceptors (Lipinski definition) is 6. The second-order valence-corrected chi connectivity index (χ2v) is 5.35. The Morgan fingerprint density at radius 3 is 2.81 bits per heavy atom. The third kappa shape index (κ3) is 3.21. The Labute approximate surface area is 123 Å². The molecule has 0 bridgehead atoms. The lowest BCUT2D eigenvalue weighted by atomic mass is 10.1. The minimum atomic E-state index is -0.884. The van der Waals surface area contributed by atoms with Gasteiger partial charge in [0.15, 0.2) is 5.16 Å². The number of nitrogens with zero attached hydrogens (tertiary/aromatic N) is 3. The summed E-state index contributed by atoms with van der Waals surface area (Å²) >= 11 is 1.09. The number of rotatable bonds is 3. The number of aryl methyl sites for hydroxylation is 1. The van der Waals surface area contributed by atoms with Gasteiger partial charge in [-0.2, -0.15) is 10.2 Å². The van der Waals surface area contributed by atoms with Crippen molar-refractivity contribution in [3.8, 4) is 6.07 Å². The van der Waals surface area contributed by atoms with E-state index in [1.54, 1.807) is 32.2 Å². The van der Waals surface area contributed by atoms with E-state index in [9.17, 15) is 14.7 Å². The zero-order valence-corrected chi connectivity index (χ0v) is 12.1. The van der Waals surface area contributed by atoms with Gasteiger partial charge < -0.3 is 5.11 Å². The van der Waals surface area contributed by atoms with Gasteiger partial charge >= 0.3 is 11.1 Å². The van der Waals surface area contributed by atoms with Crippen LogP contribution >= 0.6 is 11.8 Å². The average Bonchev–Trinajstić information content (AvgIpc) is 2.44. The Balaban J connectivity index is 2.53. The molecule has 1 unspecified atom stereocenters. The van der Waals surface area contributed by atoms with Crippen LogP contribution in [0.4, 0.5) is 0 Å². The first-order chi connectivity index (χ1) is 9.92. The molecule has 2 aromatic rings. The van der Waals surface area contributed by atoms with Crippen LogP contribution in [0, 0.1) is 11.3 Å². The van der Waals surface area contributed by atoms with Crippen LogP contribution in [0.25, 0.3) is 0 Å². The highest BCUT2D eigenvalue weighted by molar-refractivity contribution is 7.99. The fraction of sp³-hybridized carbons (Fsp3) is 0.231. The molecule has 0 aliphatic carbocycles. The van der Waals surface area contributed by atoms with Crippen molar-refractivity contribution in [3.63, 3.8) is 0 Å². The van der Waals surface area contributed by atoms with Crippen molar-refractivity contribution < 1.29 is 5.11 Å². The van der Waals surface area contributed by atoms with E-state index in [2.05, 4.69) is 10.1 Å². The van der Waals surface area contributed by atoms with Crippen LogP contribution in [0.1, 0.15) is 24.2 Å². The van der Waals surface area contributed by atoms with E-state index in [0.29, 0.717) is 16.0 Å². The standard InChI is InChI=1S/C13H12N4O3S/c1-7(18)9-4-3-8(6-14)5-10(9)21-13-15-11(19)12(20)16-17(13)2/h3-5,7,18H,1-2H3,(H,16,20). The smallest absolute Gasteiger partial charge is 0.339 e. The average molecular weight is 304 g/mol. The first-order valence-corrected chi connectivity index (χ1v) is 6.81. The maximum absolute atomic E-state index is 11.3. The molecule has 21 heavy (non-hydrogen) atoms. The molecule has 0 spiro atoms. The minimum absolute atomic E-state index is 0.261. The Morgan fingerprint density at radius 1 is 1.48 bits per heavy atom. The molecule has 108 valence electrons. The molecule has 1 aromatic carbocycles. The Kier molecular flexibility index (Phi) is 4.26. The van der Waals surface area contributed by atoms with Gasteiger partial charge in [0.05, 0.1) is 17.7 Å². The molecule has 0 amide bonds. The molecule has 2 N–H and O–H groups in total. The van der Waals surface area contributed by atoms with Crippen molar-refractivity contribution in [2.45, 2.75) is 23.1 Å². The van der Waals surface area contributed by atoms with E-state index in [-0.39, 0.29) is 5.16 Å². The first-order valence-electron chi connectivity index (χ1n) is 5.99. The van der Waals surface area contributed by atoms with Crippen LogP contribution in [0.2, 0.25) is 0 Å². The number of benzene rings is 1. The molecular weight excluding hydrogens is 292 g/mol. The van der Waals surface area contributed by atoms with E-state index in [4.69, 9.17) is 5.26 Å². The predicted octanol–water partition coefficient (Wildman–Crippen LogP) is 0.545. The van der Waals surface area contributed by atoms with Gasteiger partial charge in [-0.1, -0.05) is 6.07 Å². The number of hydrogen-bond donors (Lipinski definition) is 2. The molecule has 0 saturated carbocycles. The van der Waals surface area contributed by atoms with Crippen LogP contribution in [0.5, 0.6) is 0 Å². The van der Waals surface area contributed by atoms with E-state index < -0.39 is 17.2 Å². The predicted molar refractivity (Wildman–Crippen MR) is 76.0 cm³/mol. The number of aromatic amines is 1. The zero-order valence-electron chi connectivity index (χ0n) is 11.3. The van der Waals surface area contributed by atoms with Gasteiger partial charge in [-0.05, 0) is 36.4 Å². The normalized spacial score (nSPS) is 11.9. The number of nitriles is 1. The lowest BCUT2D eigenvalue weighted by molar-refractivity contribution is 0.196. The van der Waals surface area contributed by atoms with E-state index >= 15 is 0 Å². The summed E-state index contributed by atoms with van der Waals surface area (Å²) in [5.74, 6) is 0. The lowest BCUT2D eigenvalue weighted by Gasteiger charge is -2.12. The molecular formula is C13H12N4O3S. The fourth-order valence-electron chi connectivity index (χ4n) is 1.69. The van der Waals surface area contributed by atoms with Crippen LogP contribution in [-0.2, 0) is 7.05 Å². The zero-order chi connectivity index (χ0) is 15.6. The Morgan fingerprint density at radius 2 is 2.19 bits per heavy atom. The van der Waals surface area contributed by atoms with Gasteiger partial charge in [-0.25, -0.2) is 0 Å². The Hall–Kier alpha value is -2.37. The van der Waals surface area contributed by atoms with Gasteiger partial charge in [-0.15, -0.1) is 0 Å². The van der Waals surface area contributed by atoms with Gasteiger partial charge in [0.2, 0.25) is 0 Å².